The highest BCUT2D eigenvalue weighted by Crippen LogP contribution is 2.36. The average Bonchev–Trinajstić information content (AvgIpc) is 2.35. The number of hydrogen-bond acceptors (Lipinski definition) is 5. The molecule has 20 heavy (non-hydrogen) atoms. The molecule has 1 unspecified atom stereocenters. The Bertz CT molecular complexity index is 624. The van der Waals surface area contributed by atoms with Crippen LogP contribution in [-0.2, 0) is 19.6 Å². The number of carbonyl (C=O) groups is 1. The molecule has 1 aromatic rings. The summed E-state index contributed by atoms with van der Waals surface area (Å²) < 4.78 is 33.4. The number of sulfonamides is 1. The van der Waals surface area contributed by atoms with Crippen LogP contribution in [0.3, 0.4) is 0 Å². The molecule has 110 valence electrons. The van der Waals surface area contributed by atoms with Crippen LogP contribution in [0.5, 0.6) is 5.75 Å². The first-order valence-corrected chi connectivity index (χ1v) is 7.83. The number of rotatable bonds is 3. The van der Waals surface area contributed by atoms with Gasteiger partial charge in [-0.25, -0.2) is 13.6 Å². The molecule has 7 heteroatoms. The lowest BCUT2D eigenvalue weighted by molar-refractivity contribution is -0.150. The Balaban J connectivity index is 2.41. The minimum absolute atomic E-state index is 0.0379. The second-order valence-corrected chi connectivity index (χ2v) is 6.48. The summed E-state index contributed by atoms with van der Waals surface area (Å²) in [4.78, 5) is 12.0. The minimum Gasteiger partial charge on any atom is -0.493 e. The number of carbonyl (C=O) groups excluding carboxylic acids is 1. The quantitative estimate of drug-likeness (QED) is 0.845. The number of fused-ring (bicyclic) bond motifs is 1. The number of primary sulfonamides is 1. The third kappa shape index (κ3) is 3.10. The molecule has 0 saturated heterocycles. The standard InChI is InChI=1S/C13H17NO5S/c1-8(2)19-13(15)10-5-6-18-12-4-3-9(7-11(10)12)20(14,16)17/h3-4,7-8,10H,5-6H2,1-2H3,(H2,14,16,17). The molecule has 0 aliphatic carbocycles. The fraction of sp³-hybridized carbons (Fsp3) is 0.462. The summed E-state index contributed by atoms with van der Waals surface area (Å²) in [7, 11) is -3.82. The van der Waals surface area contributed by atoms with Gasteiger partial charge in [-0.3, -0.25) is 4.79 Å². The van der Waals surface area contributed by atoms with Gasteiger partial charge in [-0.1, -0.05) is 0 Å². The van der Waals surface area contributed by atoms with Gasteiger partial charge in [0, 0.05) is 5.56 Å². The zero-order valence-corrected chi connectivity index (χ0v) is 12.1. The average molecular weight is 299 g/mol. The molecule has 1 aliphatic rings. The SMILES string of the molecule is CC(C)OC(=O)C1CCOc2ccc(S(N)(=O)=O)cc21. The molecule has 2 N–H and O–H groups in total. The lowest BCUT2D eigenvalue weighted by Gasteiger charge is -2.25. The van der Waals surface area contributed by atoms with Crippen molar-refractivity contribution in [1.29, 1.82) is 0 Å². The van der Waals surface area contributed by atoms with Crippen LogP contribution in [0.2, 0.25) is 0 Å². The number of hydrogen-bond donors (Lipinski definition) is 1. The second kappa shape index (κ2) is 5.41. The van der Waals surface area contributed by atoms with Crippen LogP contribution < -0.4 is 9.88 Å². The maximum Gasteiger partial charge on any atom is 0.313 e. The van der Waals surface area contributed by atoms with E-state index in [2.05, 4.69) is 0 Å². The van der Waals surface area contributed by atoms with E-state index >= 15 is 0 Å². The first kappa shape index (κ1) is 14.8. The monoisotopic (exact) mass is 299 g/mol. The number of nitrogens with two attached hydrogens (primary N) is 1. The predicted octanol–water partition coefficient (Wildman–Crippen LogP) is 1.15. The van der Waals surface area contributed by atoms with Crippen molar-refractivity contribution < 1.29 is 22.7 Å². The summed E-state index contributed by atoms with van der Waals surface area (Å²) in [6, 6.07) is 4.27. The molecule has 6 nitrogen and oxygen atoms in total. The smallest absolute Gasteiger partial charge is 0.313 e. The van der Waals surface area contributed by atoms with E-state index in [0.717, 1.165) is 0 Å². The molecule has 1 atom stereocenters. The van der Waals surface area contributed by atoms with Crippen LogP contribution >= 0.6 is 0 Å². The van der Waals surface area contributed by atoms with Crippen molar-refractivity contribution in [1.82, 2.24) is 0 Å². The zero-order chi connectivity index (χ0) is 14.9. The molecule has 2 rings (SSSR count). The van der Waals surface area contributed by atoms with E-state index in [4.69, 9.17) is 14.6 Å². The maximum absolute atomic E-state index is 12.1. The molecule has 0 bridgehead atoms. The lowest BCUT2D eigenvalue weighted by atomic mass is 9.93. The van der Waals surface area contributed by atoms with Crippen molar-refractivity contribution in [2.24, 2.45) is 5.14 Å². The van der Waals surface area contributed by atoms with Crippen molar-refractivity contribution in [3.8, 4) is 5.75 Å². The molecular formula is C13H17NO5S. The molecule has 1 aromatic carbocycles. The van der Waals surface area contributed by atoms with E-state index < -0.39 is 15.9 Å². The molecular weight excluding hydrogens is 282 g/mol. The Kier molecular flexibility index (Phi) is 4.01. The molecule has 0 amide bonds. The van der Waals surface area contributed by atoms with Crippen molar-refractivity contribution in [2.75, 3.05) is 6.61 Å². The molecule has 0 radical (unpaired) electrons. The van der Waals surface area contributed by atoms with Crippen LogP contribution in [0, 0.1) is 0 Å². The number of ether oxygens (including phenoxy) is 2. The van der Waals surface area contributed by atoms with E-state index in [1.807, 2.05) is 0 Å². The molecule has 0 fully saturated rings. The summed E-state index contributed by atoms with van der Waals surface area (Å²) in [6.45, 7) is 3.91. The van der Waals surface area contributed by atoms with E-state index in [0.29, 0.717) is 24.3 Å². The summed E-state index contributed by atoms with van der Waals surface area (Å²) in [5.41, 5.74) is 0.508. The Morgan fingerprint density at radius 2 is 2.15 bits per heavy atom. The first-order valence-electron chi connectivity index (χ1n) is 6.29. The van der Waals surface area contributed by atoms with Crippen molar-refractivity contribution in [3.63, 3.8) is 0 Å². The van der Waals surface area contributed by atoms with Gasteiger partial charge < -0.3 is 9.47 Å². The highest BCUT2D eigenvalue weighted by Gasteiger charge is 2.30. The highest BCUT2D eigenvalue weighted by atomic mass is 32.2. The van der Waals surface area contributed by atoms with Gasteiger partial charge in [0.2, 0.25) is 10.0 Å². The van der Waals surface area contributed by atoms with Gasteiger partial charge in [-0.15, -0.1) is 0 Å². The van der Waals surface area contributed by atoms with Crippen LogP contribution in [0.1, 0.15) is 31.7 Å². The summed E-state index contributed by atoms with van der Waals surface area (Å²) in [5, 5.41) is 5.11. The molecule has 0 aromatic heterocycles. The fourth-order valence-electron chi connectivity index (χ4n) is 2.11. The Labute approximate surface area is 117 Å². The van der Waals surface area contributed by atoms with Gasteiger partial charge in [0.15, 0.2) is 0 Å². The van der Waals surface area contributed by atoms with Crippen LogP contribution in [0.4, 0.5) is 0 Å². The second-order valence-electron chi connectivity index (χ2n) is 4.92. The van der Waals surface area contributed by atoms with E-state index in [-0.39, 0.29) is 17.0 Å². The van der Waals surface area contributed by atoms with Crippen LogP contribution in [-0.4, -0.2) is 27.1 Å². The van der Waals surface area contributed by atoms with E-state index in [9.17, 15) is 13.2 Å². The van der Waals surface area contributed by atoms with Crippen molar-refractivity contribution in [2.45, 2.75) is 37.2 Å². The van der Waals surface area contributed by atoms with Crippen LogP contribution in [0.15, 0.2) is 23.1 Å². The van der Waals surface area contributed by atoms with Gasteiger partial charge in [0.05, 0.1) is 23.5 Å². The summed E-state index contributed by atoms with van der Waals surface area (Å²) >= 11 is 0. The molecule has 0 spiro atoms. The predicted molar refractivity (Wildman–Crippen MR) is 71.9 cm³/mol. The highest BCUT2D eigenvalue weighted by molar-refractivity contribution is 7.89. The first-order chi connectivity index (χ1) is 9.29. The van der Waals surface area contributed by atoms with Crippen molar-refractivity contribution >= 4 is 16.0 Å². The van der Waals surface area contributed by atoms with Gasteiger partial charge in [-0.05, 0) is 38.5 Å². The lowest BCUT2D eigenvalue weighted by Crippen LogP contribution is -2.25. The summed E-state index contributed by atoms with van der Waals surface area (Å²) in [6.07, 6.45) is 0.224. The number of benzene rings is 1. The normalized spacial score (nSPS) is 18.3. The molecule has 1 heterocycles. The van der Waals surface area contributed by atoms with Gasteiger partial charge in [-0.2, -0.15) is 0 Å². The van der Waals surface area contributed by atoms with Gasteiger partial charge in [0.1, 0.15) is 5.75 Å². The Hall–Kier alpha value is -1.60. The largest absolute Gasteiger partial charge is 0.493 e. The molecule has 1 aliphatic heterocycles. The number of esters is 1. The summed E-state index contributed by atoms with van der Waals surface area (Å²) in [5.74, 6) is -0.409. The van der Waals surface area contributed by atoms with E-state index in [1.54, 1.807) is 13.8 Å². The van der Waals surface area contributed by atoms with Gasteiger partial charge in [0.25, 0.3) is 0 Å². The molecule has 0 saturated carbocycles. The van der Waals surface area contributed by atoms with E-state index in [1.165, 1.54) is 18.2 Å². The fourth-order valence-corrected chi connectivity index (χ4v) is 2.66. The minimum atomic E-state index is -3.82. The van der Waals surface area contributed by atoms with Crippen LogP contribution in [0.25, 0.3) is 0 Å². The third-order valence-electron chi connectivity index (χ3n) is 2.99. The maximum atomic E-state index is 12.1. The zero-order valence-electron chi connectivity index (χ0n) is 11.3. The Morgan fingerprint density at radius 1 is 1.45 bits per heavy atom. The Morgan fingerprint density at radius 3 is 2.75 bits per heavy atom. The third-order valence-corrected chi connectivity index (χ3v) is 3.90. The van der Waals surface area contributed by atoms with Crippen molar-refractivity contribution in [3.05, 3.63) is 23.8 Å². The topological polar surface area (TPSA) is 95.7 Å². The van der Waals surface area contributed by atoms with Gasteiger partial charge >= 0.3 is 5.97 Å².